The number of rotatable bonds is 5. The Bertz CT molecular complexity index is 632. The molecule has 2 fully saturated rings. The van der Waals surface area contributed by atoms with Crippen LogP contribution < -0.4 is 10.5 Å². The van der Waals surface area contributed by atoms with Crippen LogP contribution in [0.3, 0.4) is 0 Å². The molecule has 0 radical (unpaired) electrons. The minimum Gasteiger partial charge on any atom is -0.484 e. The van der Waals surface area contributed by atoms with E-state index in [1.807, 2.05) is 0 Å². The van der Waals surface area contributed by atoms with E-state index in [1.54, 1.807) is 34.1 Å². The predicted molar refractivity (Wildman–Crippen MR) is 97.1 cm³/mol. The molecule has 1 aromatic rings. The molecule has 0 spiro atoms. The van der Waals surface area contributed by atoms with E-state index in [0.29, 0.717) is 43.5 Å². The zero-order chi connectivity index (χ0) is 18.5. The van der Waals surface area contributed by atoms with E-state index in [2.05, 4.69) is 0 Å². The van der Waals surface area contributed by atoms with Crippen LogP contribution in [0.2, 0.25) is 5.02 Å². The number of hydrogen-bond donors (Lipinski definition) is 1. The first kappa shape index (κ1) is 18.9. The van der Waals surface area contributed by atoms with E-state index in [-0.39, 0.29) is 30.6 Å². The van der Waals surface area contributed by atoms with Gasteiger partial charge in [0.2, 0.25) is 0 Å². The number of hydrogen-bond acceptors (Lipinski definition) is 5. The van der Waals surface area contributed by atoms with Crippen molar-refractivity contribution in [3.05, 3.63) is 29.3 Å². The summed E-state index contributed by atoms with van der Waals surface area (Å²) in [5.41, 5.74) is 5.59. The third kappa shape index (κ3) is 4.66. The summed E-state index contributed by atoms with van der Waals surface area (Å²) >= 11 is 5.82. The molecule has 2 atom stereocenters. The van der Waals surface area contributed by atoms with Crippen LogP contribution >= 0.6 is 11.6 Å². The highest BCUT2D eigenvalue weighted by Crippen LogP contribution is 2.21. The Morgan fingerprint density at radius 1 is 1.12 bits per heavy atom. The van der Waals surface area contributed by atoms with Crippen molar-refractivity contribution < 1.29 is 19.1 Å². The molecule has 0 saturated carbocycles. The minimum absolute atomic E-state index is 0.00506. The smallest absolute Gasteiger partial charge is 0.260 e. The standard InChI is InChI=1S/C18H24ClN3O4/c19-13-1-3-14(4-2-13)25-12-17(23)21-7-9-22(10-8-21)18(24)16-6-5-15(11-20)26-16/h1-4,15-16H,5-12,20H2/t15-,16+/m1/s1. The van der Waals surface area contributed by atoms with Crippen molar-refractivity contribution in [1.82, 2.24) is 9.80 Å². The van der Waals surface area contributed by atoms with Gasteiger partial charge in [-0.1, -0.05) is 11.6 Å². The Kier molecular flexibility index (Phi) is 6.34. The van der Waals surface area contributed by atoms with Gasteiger partial charge < -0.3 is 25.0 Å². The van der Waals surface area contributed by atoms with Crippen molar-refractivity contribution in [2.24, 2.45) is 5.73 Å². The summed E-state index contributed by atoms with van der Waals surface area (Å²) in [6.45, 7) is 2.44. The number of nitrogens with zero attached hydrogens (tertiary/aromatic N) is 2. The van der Waals surface area contributed by atoms with Gasteiger partial charge in [0.25, 0.3) is 11.8 Å². The van der Waals surface area contributed by atoms with E-state index in [9.17, 15) is 9.59 Å². The third-order valence-corrected chi connectivity index (χ3v) is 5.02. The summed E-state index contributed by atoms with van der Waals surface area (Å²) < 4.78 is 11.2. The largest absolute Gasteiger partial charge is 0.484 e. The van der Waals surface area contributed by atoms with Gasteiger partial charge in [-0.2, -0.15) is 0 Å². The summed E-state index contributed by atoms with van der Waals surface area (Å²) in [5, 5.41) is 0.619. The number of carbonyl (C=O) groups excluding carboxylic acids is 2. The first-order valence-electron chi connectivity index (χ1n) is 8.87. The molecule has 1 aromatic carbocycles. The molecule has 8 heteroatoms. The first-order valence-corrected chi connectivity index (χ1v) is 9.25. The summed E-state index contributed by atoms with van der Waals surface area (Å²) in [7, 11) is 0. The van der Waals surface area contributed by atoms with Crippen LogP contribution in [0.5, 0.6) is 5.75 Å². The van der Waals surface area contributed by atoms with E-state index < -0.39 is 0 Å². The van der Waals surface area contributed by atoms with Crippen molar-refractivity contribution in [3.63, 3.8) is 0 Å². The monoisotopic (exact) mass is 381 g/mol. The summed E-state index contributed by atoms with van der Waals surface area (Å²) in [5.74, 6) is 0.516. The predicted octanol–water partition coefficient (Wildman–Crippen LogP) is 0.896. The average molecular weight is 382 g/mol. The molecule has 26 heavy (non-hydrogen) atoms. The van der Waals surface area contributed by atoms with Gasteiger partial charge in [-0.05, 0) is 37.1 Å². The number of ether oxygens (including phenoxy) is 2. The second kappa shape index (κ2) is 8.70. The highest BCUT2D eigenvalue weighted by Gasteiger charge is 2.34. The van der Waals surface area contributed by atoms with E-state index >= 15 is 0 Å². The van der Waals surface area contributed by atoms with Crippen molar-refractivity contribution in [1.29, 1.82) is 0 Å². The fraction of sp³-hybridized carbons (Fsp3) is 0.556. The fourth-order valence-corrected chi connectivity index (χ4v) is 3.33. The number of benzene rings is 1. The molecule has 3 rings (SSSR count). The normalized spacial score (nSPS) is 23.2. The molecule has 2 saturated heterocycles. The van der Waals surface area contributed by atoms with Crippen LogP contribution in [0.25, 0.3) is 0 Å². The second-order valence-corrected chi connectivity index (χ2v) is 6.94. The molecular formula is C18H24ClN3O4. The molecule has 2 N–H and O–H groups in total. The van der Waals surface area contributed by atoms with Gasteiger partial charge in [0.1, 0.15) is 11.9 Å². The third-order valence-electron chi connectivity index (χ3n) is 4.77. The Balaban J connectivity index is 1.42. The molecule has 2 amide bonds. The van der Waals surface area contributed by atoms with Crippen molar-refractivity contribution in [2.45, 2.75) is 25.0 Å². The second-order valence-electron chi connectivity index (χ2n) is 6.51. The van der Waals surface area contributed by atoms with Crippen LogP contribution in [0.1, 0.15) is 12.8 Å². The van der Waals surface area contributed by atoms with Gasteiger partial charge in [0.05, 0.1) is 6.10 Å². The maximum atomic E-state index is 12.5. The molecule has 7 nitrogen and oxygen atoms in total. The minimum atomic E-state index is -0.390. The molecule has 0 aliphatic carbocycles. The van der Waals surface area contributed by atoms with E-state index in [1.165, 1.54) is 0 Å². The molecule has 2 heterocycles. The van der Waals surface area contributed by atoms with Gasteiger partial charge in [0.15, 0.2) is 6.61 Å². The topological polar surface area (TPSA) is 85.1 Å². The van der Waals surface area contributed by atoms with Gasteiger partial charge in [0, 0.05) is 37.7 Å². The lowest BCUT2D eigenvalue weighted by molar-refractivity contribution is -0.147. The highest BCUT2D eigenvalue weighted by molar-refractivity contribution is 6.30. The van der Waals surface area contributed by atoms with Crippen molar-refractivity contribution in [3.8, 4) is 5.75 Å². The van der Waals surface area contributed by atoms with Crippen LogP contribution in [-0.2, 0) is 14.3 Å². The lowest BCUT2D eigenvalue weighted by Crippen LogP contribution is -2.53. The molecule has 2 aliphatic rings. The van der Waals surface area contributed by atoms with Crippen LogP contribution in [0, 0.1) is 0 Å². The molecular weight excluding hydrogens is 358 g/mol. The Hall–Kier alpha value is -1.83. The van der Waals surface area contributed by atoms with Gasteiger partial charge in [-0.15, -0.1) is 0 Å². The SMILES string of the molecule is NC[C@H]1CC[C@@H](C(=O)N2CCN(C(=O)COc3ccc(Cl)cc3)CC2)O1. The van der Waals surface area contributed by atoms with E-state index in [4.69, 9.17) is 26.8 Å². The van der Waals surface area contributed by atoms with Crippen molar-refractivity contribution in [2.75, 3.05) is 39.3 Å². The zero-order valence-corrected chi connectivity index (χ0v) is 15.4. The van der Waals surface area contributed by atoms with Crippen molar-refractivity contribution >= 4 is 23.4 Å². The number of piperazine rings is 1. The van der Waals surface area contributed by atoms with Crippen LogP contribution in [-0.4, -0.2) is 73.2 Å². The number of halogens is 1. The van der Waals surface area contributed by atoms with E-state index in [0.717, 1.165) is 12.8 Å². The molecule has 142 valence electrons. The first-order chi connectivity index (χ1) is 12.6. The Labute approximate surface area is 158 Å². The van der Waals surface area contributed by atoms with Crippen LogP contribution in [0.4, 0.5) is 0 Å². The Morgan fingerprint density at radius 2 is 1.77 bits per heavy atom. The molecule has 0 bridgehead atoms. The lowest BCUT2D eigenvalue weighted by Gasteiger charge is -2.35. The lowest BCUT2D eigenvalue weighted by atomic mass is 10.1. The average Bonchev–Trinajstić information content (AvgIpc) is 3.16. The van der Waals surface area contributed by atoms with Gasteiger partial charge in [-0.3, -0.25) is 9.59 Å². The Morgan fingerprint density at radius 3 is 2.38 bits per heavy atom. The zero-order valence-electron chi connectivity index (χ0n) is 14.6. The molecule has 0 aromatic heterocycles. The quantitative estimate of drug-likeness (QED) is 0.819. The summed E-state index contributed by atoms with van der Waals surface area (Å²) in [4.78, 5) is 28.3. The molecule has 0 unspecified atom stereocenters. The number of nitrogens with two attached hydrogens (primary N) is 1. The maximum absolute atomic E-state index is 12.5. The number of carbonyl (C=O) groups is 2. The molecule has 2 aliphatic heterocycles. The summed E-state index contributed by atoms with van der Waals surface area (Å²) in [6, 6.07) is 6.88. The number of amides is 2. The van der Waals surface area contributed by atoms with Gasteiger partial charge in [-0.25, -0.2) is 0 Å². The maximum Gasteiger partial charge on any atom is 0.260 e. The highest BCUT2D eigenvalue weighted by atomic mass is 35.5. The summed E-state index contributed by atoms with van der Waals surface area (Å²) in [6.07, 6.45) is 1.14. The van der Waals surface area contributed by atoms with Crippen LogP contribution in [0.15, 0.2) is 24.3 Å². The van der Waals surface area contributed by atoms with Gasteiger partial charge >= 0.3 is 0 Å². The fourth-order valence-electron chi connectivity index (χ4n) is 3.21.